The maximum atomic E-state index is 5.39. The second kappa shape index (κ2) is 11.4. The molecule has 32 heavy (non-hydrogen) atoms. The topological polar surface area (TPSA) is 9.23 Å². The quantitative estimate of drug-likeness (QED) is 0.382. The molecule has 1 heteroatoms. The average Bonchev–Trinajstić information content (AvgIpc) is 3.12. The summed E-state index contributed by atoms with van der Waals surface area (Å²) in [5, 5.41) is 0. The summed E-state index contributed by atoms with van der Waals surface area (Å²) in [7, 11) is 0. The molecule has 7 atom stereocenters. The van der Waals surface area contributed by atoms with Gasteiger partial charge in [0.05, 0.1) is 13.2 Å². The first-order valence-corrected chi connectivity index (χ1v) is 14.8. The Morgan fingerprint density at radius 3 is 2.25 bits per heavy atom. The summed E-state index contributed by atoms with van der Waals surface area (Å²) in [6.45, 7) is 17.9. The molecule has 4 aliphatic carbocycles. The maximum absolute atomic E-state index is 5.39. The lowest BCUT2D eigenvalue weighted by Crippen LogP contribution is -2.50. The zero-order valence-electron chi connectivity index (χ0n) is 22.8. The van der Waals surface area contributed by atoms with Gasteiger partial charge in [-0.05, 0) is 105 Å². The summed E-state index contributed by atoms with van der Waals surface area (Å²) >= 11 is 0. The fourth-order valence-electron chi connectivity index (χ4n) is 8.84. The third-order valence-corrected chi connectivity index (χ3v) is 10.7. The molecule has 4 fully saturated rings. The van der Waals surface area contributed by atoms with Crippen molar-refractivity contribution in [1.29, 1.82) is 0 Å². The first-order valence-electron chi connectivity index (χ1n) is 14.8. The molecular formula is C31H58O. The van der Waals surface area contributed by atoms with E-state index < -0.39 is 0 Å². The zero-order valence-corrected chi connectivity index (χ0v) is 22.8. The van der Waals surface area contributed by atoms with Crippen LogP contribution in [0.5, 0.6) is 0 Å². The van der Waals surface area contributed by atoms with E-state index in [-0.39, 0.29) is 1.43 Å². The van der Waals surface area contributed by atoms with E-state index in [0.29, 0.717) is 10.8 Å². The standard InChI is InChI=1S/C27H44O.2C2H6.H2/c1-4-5-21-9-11-24-23-10-8-22-16-19(6-7-20-17-28-18-20)12-14-27(22,3)25(23)13-15-26(21,24)2;2*1-2;/h8,19-21,23-25H,4-7,9-18H2,1-3H3;2*1-2H3;1H. The molecule has 0 bridgehead atoms. The molecule has 0 spiro atoms. The number of ether oxygens (including phenoxy) is 1. The summed E-state index contributed by atoms with van der Waals surface area (Å²) in [5.74, 6) is 5.88. The monoisotopic (exact) mass is 446 g/mol. The second-order valence-electron chi connectivity index (χ2n) is 12.0. The number of hydrogen-bond donors (Lipinski definition) is 0. The van der Waals surface area contributed by atoms with Crippen LogP contribution < -0.4 is 0 Å². The molecule has 1 aliphatic heterocycles. The van der Waals surface area contributed by atoms with E-state index in [2.05, 4.69) is 26.8 Å². The largest absolute Gasteiger partial charge is 0.381 e. The van der Waals surface area contributed by atoms with Crippen LogP contribution in [0.1, 0.15) is 127 Å². The van der Waals surface area contributed by atoms with E-state index in [9.17, 15) is 0 Å². The van der Waals surface area contributed by atoms with E-state index >= 15 is 0 Å². The molecule has 0 amide bonds. The lowest BCUT2D eigenvalue weighted by Gasteiger charge is -2.58. The van der Waals surface area contributed by atoms with Crippen molar-refractivity contribution in [2.75, 3.05) is 13.2 Å². The molecule has 0 N–H and O–H groups in total. The van der Waals surface area contributed by atoms with Crippen molar-refractivity contribution in [2.24, 2.45) is 46.3 Å². The maximum Gasteiger partial charge on any atom is 0.0516 e. The Labute approximate surface area is 203 Å². The molecule has 5 aliphatic rings. The predicted molar refractivity (Wildman–Crippen MR) is 142 cm³/mol. The first-order chi connectivity index (χ1) is 15.5. The van der Waals surface area contributed by atoms with Gasteiger partial charge in [0.25, 0.3) is 0 Å². The average molecular weight is 447 g/mol. The SMILES string of the molecule is CC.CC.CCCC1CCC2C3CC=C4CC(CCC5COC5)CCC4(C)C3CCC12C.[HH]. The van der Waals surface area contributed by atoms with Crippen LogP contribution >= 0.6 is 0 Å². The van der Waals surface area contributed by atoms with Crippen LogP contribution in [0, 0.1) is 46.3 Å². The summed E-state index contributed by atoms with van der Waals surface area (Å²) in [6, 6.07) is 0. The molecular weight excluding hydrogens is 388 g/mol. The molecule has 0 radical (unpaired) electrons. The van der Waals surface area contributed by atoms with Crippen molar-refractivity contribution in [3.05, 3.63) is 11.6 Å². The Balaban J connectivity index is 0.000000733. The summed E-state index contributed by atoms with van der Waals surface area (Å²) in [4.78, 5) is 0. The van der Waals surface area contributed by atoms with Crippen molar-refractivity contribution in [2.45, 2.75) is 126 Å². The van der Waals surface area contributed by atoms with Gasteiger partial charge in [0.2, 0.25) is 0 Å². The molecule has 0 aromatic heterocycles. The number of allylic oxidation sites excluding steroid dienone is 2. The van der Waals surface area contributed by atoms with Gasteiger partial charge in [0, 0.05) is 7.34 Å². The molecule has 0 aromatic rings. The summed E-state index contributed by atoms with van der Waals surface area (Å²) < 4.78 is 5.39. The lowest BCUT2D eigenvalue weighted by atomic mass is 9.46. The van der Waals surface area contributed by atoms with E-state index in [1.807, 2.05) is 33.3 Å². The van der Waals surface area contributed by atoms with E-state index in [1.165, 1.54) is 77.0 Å². The van der Waals surface area contributed by atoms with Crippen LogP contribution in [0.15, 0.2) is 11.6 Å². The molecule has 1 saturated heterocycles. The molecule has 188 valence electrons. The molecule has 7 unspecified atom stereocenters. The van der Waals surface area contributed by atoms with Crippen LogP contribution in [0.2, 0.25) is 0 Å². The predicted octanol–water partition coefficient (Wildman–Crippen LogP) is 9.71. The van der Waals surface area contributed by atoms with Crippen molar-refractivity contribution < 1.29 is 6.16 Å². The molecule has 1 heterocycles. The molecule has 5 rings (SSSR count). The second-order valence-corrected chi connectivity index (χ2v) is 12.0. The highest BCUT2D eigenvalue weighted by Crippen LogP contribution is 2.67. The number of rotatable bonds is 5. The van der Waals surface area contributed by atoms with Crippen molar-refractivity contribution in [3.8, 4) is 0 Å². The molecule has 3 saturated carbocycles. The fraction of sp³-hybridized carbons (Fsp3) is 0.935. The summed E-state index contributed by atoms with van der Waals surface area (Å²) in [5.41, 5.74) is 3.10. The van der Waals surface area contributed by atoms with E-state index in [4.69, 9.17) is 4.74 Å². The van der Waals surface area contributed by atoms with Crippen molar-refractivity contribution in [1.82, 2.24) is 0 Å². The third-order valence-electron chi connectivity index (χ3n) is 10.7. The Bertz CT molecular complexity index is 610. The van der Waals surface area contributed by atoms with Gasteiger partial charge in [-0.3, -0.25) is 0 Å². The van der Waals surface area contributed by atoms with Gasteiger partial charge in [-0.1, -0.05) is 73.0 Å². The van der Waals surface area contributed by atoms with Gasteiger partial charge in [-0.15, -0.1) is 0 Å². The summed E-state index contributed by atoms with van der Waals surface area (Å²) in [6.07, 6.45) is 20.4. The highest BCUT2D eigenvalue weighted by atomic mass is 16.5. The number of hydrogen-bond acceptors (Lipinski definition) is 1. The van der Waals surface area contributed by atoms with Gasteiger partial charge < -0.3 is 4.74 Å². The van der Waals surface area contributed by atoms with E-state index in [0.717, 1.165) is 48.7 Å². The van der Waals surface area contributed by atoms with Crippen LogP contribution in [-0.2, 0) is 4.74 Å². The van der Waals surface area contributed by atoms with Crippen LogP contribution in [0.3, 0.4) is 0 Å². The number of fused-ring (bicyclic) bond motifs is 5. The van der Waals surface area contributed by atoms with Crippen LogP contribution in [0.25, 0.3) is 0 Å². The third kappa shape index (κ3) is 4.76. The van der Waals surface area contributed by atoms with Gasteiger partial charge in [0.1, 0.15) is 0 Å². The highest BCUT2D eigenvalue weighted by molar-refractivity contribution is 5.25. The first kappa shape index (κ1) is 26.3. The normalized spacial score (nSPS) is 42.6. The van der Waals surface area contributed by atoms with Crippen molar-refractivity contribution >= 4 is 0 Å². The highest BCUT2D eigenvalue weighted by Gasteiger charge is 2.58. The van der Waals surface area contributed by atoms with Gasteiger partial charge in [-0.25, -0.2) is 0 Å². The Morgan fingerprint density at radius 1 is 0.875 bits per heavy atom. The van der Waals surface area contributed by atoms with Gasteiger partial charge >= 0.3 is 0 Å². The minimum absolute atomic E-state index is 0. The smallest absolute Gasteiger partial charge is 0.0516 e. The van der Waals surface area contributed by atoms with Crippen LogP contribution in [-0.4, -0.2) is 13.2 Å². The van der Waals surface area contributed by atoms with Crippen LogP contribution in [0.4, 0.5) is 0 Å². The Morgan fingerprint density at radius 2 is 1.59 bits per heavy atom. The minimum Gasteiger partial charge on any atom is -0.381 e. The fourth-order valence-corrected chi connectivity index (χ4v) is 8.84. The van der Waals surface area contributed by atoms with E-state index in [1.54, 1.807) is 0 Å². The zero-order chi connectivity index (χ0) is 23.4. The Kier molecular flexibility index (Phi) is 9.39. The van der Waals surface area contributed by atoms with Gasteiger partial charge in [-0.2, -0.15) is 0 Å². The molecule has 1 nitrogen and oxygen atoms in total. The molecule has 0 aromatic carbocycles. The Hall–Kier alpha value is -0.300. The van der Waals surface area contributed by atoms with Gasteiger partial charge in [0.15, 0.2) is 0 Å². The minimum atomic E-state index is 0. The van der Waals surface area contributed by atoms with Crippen molar-refractivity contribution in [3.63, 3.8) is 0 Å². The lowest BCUT2D eigenvalue weighted by molar-refractivity contribution is -0.0495.